The smallest absolute Gasteiger partial charge is 0.309 e. The van der Waals surface area contributed by atoms with E-state index in [1.807, 2.05) is 60.1 Å². The molecule has 0 amide bonds. The average Bonchev–Trinajstić information content (AvgIpc) is 3.55. The van der Waals surface area contributed by atoms with Gasteiger partial charge in [-0.25, -0.2) is 4.98 Å². The highest BCUT2D eigenvalue weighted by Crippen LogP contribution is 2.48. The van der Waals surface area contributed by atoms with Crippen molar-refractivity contribution in [2.45, 2.75) is 18.9 Å². The molecule has 32 heavy (non-hydrogen) atoms. The molecule has 0 N–H and O–H groups in total. The van der Waals surface area contributed by atoms with Gasteiger partial charge in [-0.15, -0.1) is 0 Å². The lowest BCUT2D eigenvalue weighted by Crippen LogP contribution is -2.16. The van der Waals surface area contributed by atoms with E-state index in [1.165, 1.54) is 13.2 Å². The molecular formula is C25H23N3O4. The molecule has 7 heteroatoms. The minimum absolute atomic E-state index is 0.0760. The molecule has 162 valence electrons. The van der Waals surface area contributed by atoms with E-state index in [4.69, 9.17) is 14.5 Å². The Morgan fingerprint density at radius 3 is 2.69 bits per heavy atom. The molecule has 5 rings (SSSR count). The fourth-order valence-electron chi connectivity index (χ4n) is 4.08. The lowest BCUT2D eigenvalue weighted by Gasteiger charge is -2.09. The summed E-state index contributed by atoms with van der Waals surface area (Å²) in [6.45, 7) is 0.405. The zero-order chi connectivity index (χ0) is 22.2. The van der Waals surface area contributed by atoms with Gasteiger partial charge in [0.1, 0.15) is 18.2 Å². The standard InChI is InChI=1S/C25H23N3O4/c1-27-22-12-17(8-9-21(22)26-24(27)19-14-20(19)25(30)31-2)28-11-10-18(13-23(28)29)32-15-16-6-4-3-5-7-16/h3-13,19-20H,14-15H2,1-2H3. The molecule has 1 saturated carbocycles. The first kappa shape index (κ1) is 20.1. The van der Waals surface area contributed by atoms with Crippen molar-refractivity contribution >= 4 is 17.0 Å². The van der Waals surface area contributed by atoms with E-state index >= 15 is 0 Å². The van der Waals surface area contributed by atoms with Gasteiger partial charge in [-0.2, -0.15) is 0 Å². The summed E-state index contributed by atoms with van der Waals surface area (Å²) >= 11 is 0. The molecule has 2 unspecified atom stereocenters. The maximum absolute atomic E-state index is 12.8. The molecule has 7 nitrogen and oxygen atoms in total. The number of aryl methyl sites for hydroxylation is 1. The zero-order valence-electron chi connectivity index (χ0n) is 17.9. The Hall–Kier alpha value is -3.87. The summed E-state index contributed by atoms with van der Waals surface area (Å²) in [4.78, 5) is 29.3. The first-order chi connectivity index (χ1) is 15.5. The lowest BCUT2D eigenvalue weighted by atomic mass is 10.2. The molecule has 2 heterocycles. The predicted octanol–water partition coefficient (Wildman–Crippen LogP) is 3.58. The summed E-state index contributed by atoms with van der Waals surface area (Å²) in [5.74, 6) is 1.16. The van der Waals surface area contributed by atoms with E-state index in [0.717, 1.165) is 34.5 Å². The average molecular weight is 429 g/mol. The highest BCUT2D eigenvalue weighted by Gasteiger charge is 2.47. The summed E-state index contributed by atoms with van der Waals surface area (Å²) < 4.78 is 14.2. The second kappa shape index (κ2) is 8.00. The molecule has 0 bridgehead atoms. The Labute approximate surface area is 184 Å². The number of fused-ring (bicyclic) bond motifs is 1. The van der Waals surface area contributed by atoms with Crippen LogP contribution in [0.2, 0.25) is 0 Å². The second-order valence-corrected chi connectivity index (χ2v) is 8.02. The SMILES string of the molecule is COC(=O)C1CC1c1nc2ccc(-n3ccc(OCc4ccccc4)cc3=O)cc2n1C. The fraction of sp³-hybridized carbons (Fsp3) is 0.240. The number of benzene rings is 2. The van der Waals surface area contributed by atoms with Crippen LogP contribution >= 0.6 is 0 Å². The first-order valence-corrected chi connectivity index (χ1v) is 10.5. The quantitative estimate of drug-likeness (QED) is 0.438. The molecule has 2 atom stereocenters. The van der Waals surface area contributed by atoms with Crippen molar-refractivity contribution in [3.63, 3.8) is 0 Å². The van der Waals surface area contributed by atoms with Gasteiger partial charge >= 0.3 is 5.97 Å². The van der Waals surface area contributed by atoms with E-state index in [1.54, 1.807) is 16.8 Å². The van der Waals surface area contributed by atoms with E-state index in [-0.39, 0.29) is 23.4 Å². The zero-order valence-corrected chi connectivity index (χ0v) is 17.9. The summed E-state index contributed by atoms with van der Waals surface area (Å²) in [5.41, 5.74) is 3.35. The number of carbonyl (C=O) groups excluding carboxylic acids is 1. The Morgan fingerprint density at radius 2 is 1.94 bits per heavy atom. The molecule has 0 aliphatic heterocycles. The maximum Gasteiger partial charge on any atom is 0.309 e. The van der Waals surface area contributed by atoms with Crippen molar-refractivity contribution in [2.24, 2.45) is 13.0 Å². The first-order valence-electron chi connectivity index (χ1n) is 10.5. The number of nitrogens with zero attached hydrogens (tertiary/aromatic N) is 3. The minimum atomic E-state index is -0.191. The van der Waals surface area contributed by atoms with E-state index in [0.29, 0.717) is 12.4 Å². The Morgan fingerprint density at radius 1 is 1.12 bits per heavy atom. The van der Waals surface area contributed by atoms with Crippen LogP contribution in [0, 0.1) is 5.92 Å². The van der Waals surface area contributed by atoms with Crippen molar-refractivity contribution in [3.8, 4) is 11.4 Å². The van der Waals surface area contributed by atoms with Crippen LogP contribution in [-0.2, 0) is 23.2 Å². The van der Waals surface area contributed by atoms with Crippen LogP contribution in [0.25, 0.3) is 16.7 Å². The molecule has 0 saturated heterocycles. The van der Waals surface area contributed by atoms with Gasteiger partial charge in [-0.1, -0.05) is 30.3 Å². The molecule has 1 fully saturated rings. The molecular weight excluding hydrogens is 406 g/mol. The summed E-state index contributed by atoms with van der Waals surface area (Å²) in [6, 6.07) is 18.8. The molecule has 4 aromatic rings. The van der Waals surface area contributed by atoms with Crippen molar-refractivity contribution < 1.29 is 14.3 Å². The number of aromatic nitrogens is 3. The topological polar surface area (TPSA) is 75.3 Å². The van der Waals surface area contributed by atoms with Gasteiger partial charge in [0.05, 0.1) is 29.7 Å². The summed E-state index contributed by atoms with van der Waals surface area (Å²) in [6.07, 6.45) is 2.47. The van der Waals surface area contributed by atoms with Crippen LogP contribution in [0.5, 0.6) is 5.75 Å². The van der Waals surface area contributed by atoms with E-state index in [2.05, 4.69) is 0 Å². The highest BCUT2D eigenvalue weighted by atomic mass is 16.5. The third-order valence-electron chi connectivity index (χ3n) is 5.94. The van der Waals surface area contributed by atoms with Gasteiger partial charge in [-0.05, 0) is 36.2 Å². The van der Waals surface area contributed by atoms with Crippen molar-refractivity contribution in [2.75, 3.05) is 7.11 Å². The molecule has 1 aliphatic carbocycles. The number of esters is 1. The monoisotopic (exact) mass is 429 g/mol. The van der Waals surface area contributed by atoms with Crippen LogP contribution in [0.4, 0.5) is 0 Å². The van der Waals surface area contributed by atoms with Crippen LogP contribution < -0.4 is 10.3 Å². The van der Waals surface area contributed by atoms with E-state index in [9.17, 15) is 9.59 Å². The van der Waals surface area contributed by atoms with Crippen LogP contribution in [0.15, 0.2) is 71.7 Å². The summed E-state index contributed by atoms with van der Waals surface area (Å²) in [5, 5.41) is 0. The third-order valence-corrected chi connectivity index (χ3v) is 5.94. The van der Waals surface area contributed by atoms with Gasteiger partial charge < -0.3 is 14.0 Å². The van der Waals surface area contributed by atoms with Gasteiger partial charge in [0, 0.05) is 25.2 Å². The van der Waals surface area contributed by atoms with Crippen LogP contribution in [0.3, 0.4) is 0 Å². The van der Waals surface area contributed by atoms with Crippen LogP contribution in [0.1, 0.15) is 23.7 Å². The molecule has 2 aromatic heterocycles. The largest absolute Gasteiger partial charge is 0.489 e. The predicted molar refractivity (Wildman–Crippen MR) is 120 cm³/mol. The number of carbonyl (C=O) groups is 1. The number of pyridine rings is 1. The molecule has 2 aromatic carbocycles. The Kier molecular flexibility index (Phi) is 5.01. The van der Waals surface area contributed by atoms with Crippen LogP contribution in [-0.4, -0.2) is 27.2 Å². The fourth-order valence-corrected chi connectivity index (χ4v) is 4.08. The minimum Gasteiger partial charge on any atom is -0.489 e. The summed E-state index contributed by atoms with van der Waals surface area (Å²) in [7, 11) is 3.35. The molecule has 0 spiro atoms. The number of methoxy groups -OCH3 is 1. The molecule has 0 radical (unpaired) electrons. The number of ether oxygens (including phenoxy) is 2. The lowest BCUT2D eigenvalue weighted by molar-refractivity contribution is -0.142. The van der Waals surface area contributed by atoms with Gasteiger partial charge in [0.25, 0.3) is 5.56 Å². The van der Waals surface area contributed by atoms with Gasteiger partial charge in [-0.3, -0.25) is 14.2 Å². The van der Waals surface area contributed by atoms with Crippen molar-refractivity contribution in [1.82, 2.24) is 14.1 Å². The van der Waals surface area contributed by atoms with E-state index < -0.39 is 0 Å². The second-order valence-electron chi connectivity index (χ2n) is 8.02. The Balaban J connectivity index is 1.39. The maximum atomic E-state index is 12.8. The number of rotatable bonds is 6. The molecule has 1 aliphatic rings. The number of hydrogen-bond acceptors (Lipinski definition) is 5. The highest BCUT2D eigenvalue weighted by molar-refractivity contribution is 5.80. The van der Waals surface area contributed by atoms with Crippen molar-refractivity contribution in [3.05, 3.63) is 88.6 Å². The van der Waals surface area contributed by atoms with Gasteiger partial charge in [0.15, 0.2) is 0 Å². The Bertz CT molecular complexity index is 1360. The number of imidazole rings is 1. The third kappa shape index (κ3) is 3.66. The normalized spacial score (nSPS) is 17.3. The van der Waals surface area contributed by atoms with Crippen molar-refractivity contribution in [1.29, 1.82) is 0 Å². The number of hydrogen-bond donors (Lipinski definition) is 0. The van der Waals surface area contributed by atoms with Gasteiger partial charge in [0.2, 0.25) is 0 Å².